The molecule has 0 N–H and O–H groups in total. The highest BCUT2D eigenvalue weighted by Crippen LogP contribution is 2.39. The summed E-state index contributed by atoms with van der Waals surface area (Å²) in [4.78, 5) is 4.08. The second kappa shape index (κ2) is 7.60. The van der Waals surface area contributed by atoms with E-state index < -0.39 is 44.5 Å². The van der Waals surface area contributed by atoms with Gasteiger partial charge in [0.15, 0.2) is 17.2 Å². The normalized spacial score (nSPS) is 12.1. The molecule has 0 amide bonds. The summed E-state index contributed by atoms with van der Waals surface area (Å²) in [6, 6.07) is 5.56. The largest absolute Gasteiger partial charge is 0.457 e. The van der Waals surface area contributed by atoms with Crippen LogP contribution in [0.3, 0.4) is 0 Å². The van der Waals surface area contributed by atoms with Gasteiger partial charge in [0, 0.05) is 19.7 Å². The van der Waals surface area contributed by atoms with Gasteiger partial charge in [0.05, 0.1) is 10.9 Å². The second-order valence-corrected chi connectivity index (χ2v) is 8.52. The smallest absolute Gasteiger partial charge is 0.384 e. The lowest BCUT2D eigenvalue weighted by Gasteiger charge is -2.11. The van der Waals surface area contributed by atoms with Gasteiger partial charge in [-0.1, -0.05) is 5.16 Å². The lowest BCUT2D eigenvalue weighted by atomic mass is 10.1. The number of fused-ring (bicyclic) bond motifs is 1. The van der Waals surface area contributed by atoms with E-state index in [1.165, 1.54) is 45.3 Å². The summed E-state index contributed by atoms with van der Waals surface area (Å²) in [6.07, 6.45) is 0. The van der Waals surface area contributed by atoms with Crippen LogP contribution in [-0.4, -0.2) is 37.0 Å². The van der Waals surface area contributed by atoms with Crippen molar-refractivity contribution in [2.45, 2.75) is 6.92 Å². The Hall–Kier alpha value is -3.45. The quantitative estimate of drug-likeness (QED) is 0.244. The molecule has 0 atom stereocenters. The average Bonchev–Trinajstić information content (AvgIpc) is 3.35. The predicted molar refractivity (Wildman–Crippen MR) is 103 cm³/mol. The molecule has 2 heterocycles. The first kappa shape index (κ1) is 21.8. The van der Waals surface area contributed by atoms with Crippen molar-refractivity contribution in [1.82, 2.24) is 14.4 Å². The molecular formula is C19H13F4N3O5S. The van der Waals surface area contributed by atoms with E-state index in [2.05, 4.69) is 10.1 Å². The number of hydrogen-bond acceptors (Lipinski definition) is 7. The Morgan fingerprint density at radius 2 is 1.59 bits per heavy atom. The minimum absolute atomic E-state index is 0.000713. The molecule has 2 aromatic heterocycles. The maximum atomic E-state index is 14.4. The Labute approximate surface area is 178 Å². The van der Waals surface area contributed by atoms with Crippen molar-refractivity contribution >= 4 is 21.3 Å². The topological polar surface area (TPSA) is 98.7 Å². The Bertz CT molecular complexity index is 1450. The van der Waals surface area contributed by atoms with Crippen LogP contribution in [0, 0.1) is 30.2 Å². The Morgan fingerprint density at radius 1 is 0.969 bits per heavy atom. The number of benzene rings is 2. The van der Waals surface area contributed by atoms with Gasteiger partial charge < -0.3 is 13.1 Å². The van der Waals surface area contributed by atoms with E-state index in [9.17, 15) is 26.0 Å². The van der Waals surface area contributed by atoms with Crippen molar-refractivity contribution in [3.8, 4) is 28.6 Å². The van der Waals surface area contributed by atoms with Gasteiger partial charge in [0.25, 0.3) is 5.89 Å². The van der Waals surface area contributed by atoms with E-state index in [1.54, 1.807) is 0 Å². The highest BCUT2D eigenvalue weighted by molar-refractivity contribution is 7.84. The van der Waals surface area contributed by atoms with Crippen molar-refractivity contribution in [2.75, 3.05) is 14.1 Å². The van der Waals surface area contributed by atoms with Crippen molar-refractivity contribution < 1.29 is 39.1 Å². The third-order valence-electron chi connectivity index (χ3n) is 4.48. The van der Waals surface area contributed by atoms with Crippen LogP contribution in [0.5, 0.6) is 5.75 Å². The maximum Gasteiger partial charge on any atom is 0.384 e. The first-order valence-electron chi connectivity index (χ1n) is 8.82. The van der Waals surface area contributed by atoms with Crippen LogP contribution in [0.25, 0.3) is 33.8 Å². The fourth-order valence-electron chi connectivity index (χ4n) is 2.87. The summed E-state index contributed by atoms with van der Waals surface area (Å²) in [5.74, 6) is -7.74. The zero-order valence-electron chi connectivity index (χ0n) is 16.6. The molecule has 0 aliphatic heterocycles. The SMILES string of the molecule is Cc1oc2c(F)c(F)c(F)c(F)c2c1-c1nc(-c2ccc(OS(=O)(=O)N(C)C)cc2)no1. The number of halogens is 4. The van der Waals surface area contributed by atoms with Gasteiger partial charge in [-0.3, -0.25) is 0 Å². The van der Waals surface area contributed by atoms with E-state index in [4.69, 9.17) is 13.1 Å². The summed E-state index contributed by atoms with van der Waals surface area (Å²) in [6.45, 7) is 1.31. The minimum atomic E-state index is -3.94. The van der Waals surface area contributed by atoms with Crippen molar-refractivity contribution in [3.63, 3.8) is 0 Å². The van der Waals surface area contributed by atoms with Gasteiger partial charge >= 0.3 is 10.3 Å². The molecule has 4 aromatic rings. The molecule has 0 bridgehead atoms. The van der Waals surface area contributed by atoms with Gasteiger partial charge in [-0.25, -0.2) is 13.2 Å². The highest BCUT2D eigenvalue weighted by atomic mass is 32.2. The molecule has 0 radical (unpaired) electrons. The zero-order chi connectivity index (χ0) is 23.4. The van der Waals surface area contributed by atoms with Crippen LogP contribution in [0.4, 0.5) is 17.6 Å². The van der Waals surface area contributed by atoms with Gasteiger partial charge in [-0.05, 0) is 31.2 Å². The summed E-state index contributed by atoms with van der Waals surface area (Å²) < 4.78 is 95.2. The molecule has 0 unspecified atom stereocenters. The molecule has 0 aliphatic rings. The molecule has 0 saturated heterocycles. The molecule has 32 heavy (non-hydrogen) atoms. The van der Waals surface area contributed by atoms with Crippen molar-refractivity contribution in [3.05, 3.63) is 53.3 Å². The summed E-state index contributed by atoms with van der Waals surface area (Å²) in [7, 11) is -1.33. The van der Waals surface area contributed by atoms with Crippen LogP contribution in [0.2, 0.25) is 0 Å². The van der Waals surface area contributed by atoms with Crippen LogP contribution < -0.4 is 4.18 Å². The number of hydrogen-bond donors (Lipinski definition) is 0. The maximum absolute atomic E-state index is 14.4. The first-order valence-corrected chi connectivity index (χ1v) is 10.2. The van der Waals surface area contributed by atoms with Crippen LogP contribution in [-0.2, 0) is 10.3 Å². The standard InChI is InChI=1S/C19H13F4N3O5S/c1-8-11(12-13(20)14(21)15(22)16(23)17(12)29-8)19-24-18(25-30-19)9-4-6-10(7-5-9)31-32(27,28)26(2)3/h4-7H,1-3H3. The molecule has 4 rings (SSSR count). The van der Waals surface area contributed by atoms with Crippen LogP contribution in [0.15, 0.2) is 33.2 Å². The molecule has 0 aliphatic carbocycles. The Morgan fingerprint density at radius 3 is 2.22 bits per heavy atom. The van der Waals surface area contributed by atoms with Crippen LogP contribution in [0.1, 0.15) is 5.76 Å². The summed E-state index contributed by atoms with van der Waals surface area (Å²) in [5, 5.41) is 3.06. The average molecular weight is 471 g/mol. The number of nitrogens with zero attached hydrogens (tertiary/aromatic N) is 3. The summed E-state index contributed by atoms with van der Waals surface area (Å²) >= 11 is 0. The Balaban J connectivity index is 1.73. The second-order valence-electron chi connectivity index (χ2n) is 6.76. The van der Waals surface area contributed by atoms with Gasteiger partial charge in [-0.2, -0.15) is 22.1 Å². The fourth-order valence-corrected chi connectivity index (χ4v) is 3.37. The lowest BCUT2D eigenvalue weighted by molar-refractivity contribution is 0.409. The molecule has 13 heteroatoms. The van der Waals surface area contributed by atoms with Gasteiger partial charge in [0.2, 0.25) is 17.5 Å². The molecule has 2 aromatic carbocycles. The zero-order valence-corrected chi connectivity index (χ0v) is 17.4. The Kier molecular flexibility index (Phi) is 5.17. The van der Waals surface area contributed by atoms with Crippen molar-refractivity contribution in [2.24, 2.45) is 0 Å². The van der Waals surface area contributed by atoms with Gasteiger partial charge in [-0.15, -0.1) is 0 Å². The van der Waals surface area contributed by atoms with E-state index >= 15 is 0 Å². The number of aromatic nitrogens is 2. The van der Waals surface area contributed by atoms with E-state index in [-0.39, 0.29) is 28.8 Å². The number of aryl methyl sites for hydroxylation is 1. The predicted octanol–water partition coefficient (Wildman–Crippen LogP) is 4.20. The molecule has 0 fully saturated rings. The minimum Gasteiger partial charge on any atom is -0.457 e. The lowest BCUT2D eigenvalue weighted by Crippen LogP contribution is -2.26. The third kappa shape index (κ3) is 3.48. The molecule has 0 saturated carbocycles. The monoisotopic (exact) mass is 471 g/mol. The molecule has 0 spiro atoms. The number of rotatable bonds is 5. The third-order valence-corrected chi connectivity index (χ3v) is 5.78. The fraction of sp³-hybridized carbons (Fsp3) is 0.158. The first-order chi connectivity index (χ1) is 15.0. The van der Waals surface area contributed by atoms with Crippen LogP contribution >= 0.6 is 0 Å². The van der Waals surface area contributed by atoms with E-state index in [0.717, 1.165) is 4.31 Å². The summed E-state index contributed by atoms with van der Waals surface area (Å²) in [5.41, 5.74) is -0.688. The van der Waals surface area contributed by atoms with E-state index in [1.807, 2.05) is 0 Å². The van der Waals surface area contributed by atoms with Crippen molar-refractivity contribution in [1.29, 1.82) is 0 Å². The molecule has 168 valence electrons. The van der Waals surface area contributed by atoms with E-state index in [0.29, 0.717) is 5.56 Å². The molecule has 8 nitrogen and oxygen atoms in total. The highest BCUT2D eigenvalue weighted by Gasteiger charge is 2.30. The molecular weight excluding hydrogens is 458 g/mol. The number of furan rings is 1. The van der Waals surface area contributed by atoms with Gasteiger partial charge in [0.1, 0.15) is 11.5 Å².